The Morgan fingerprint density at radius 3 is 2.58 bits per heavy atom. The molecule has 1 aromatic heterocycles. The third-order valence-corrected chi connectivity index (χ3v) is 6.82. The van der Waals surface area contributed by atoms with Crippen molar-refractivity contribution in [2.75, 3.05) is 11.3 Å². The van der Waals surface area contributed by atoms with Gasteiger partial charge in [0.25, 0.3) is 5.56 Å². The molecule has 1 saturated heterocycles. The number of para-hydroxylation sites is 2. The number of ether oxygens (including phenoxy) is 2. The highest BCUT2D eigenvalue weighted by molar-refractivity contribution is 7.41. The van der Waals surface area contributed by atoms with Crippen molar-refractivity contribution in [3.8, 4) is 5.75 Å². The molecule has 196 valence electrons. The van der Waals surface area contributed by atoms with Gasteiger partial charge in [-0.05, 0) is 44.4 Å². The summed E-state index contributed by atoms with van der Waals surface area (Å²) in [6.07, 6.45) is -4.21. The monoisotopic (exact) mass is 528 g/mol. The minimum absolute atomic E-state index is 0.0210. The number of phenolic OH excluding ortho intramolecular Hbond substituents is 1. The normalized spacial score (nSPS) is 25.0. The van der Waals surface area contributed by atoms with Gasteiger partial charge >= 0.3 is 19.8 Å². The van der Waals surface area contributed by atoms with Crippen LogP contribution in [0, 0.1) is 0 Å². The van der Waals surface area contributed by atoms with Gasteiger partial charge in [-0.25, -0.2) is 14.0 Å². The lowest BCUT2D eigenvalue weighted by molar-refractivity contribution is -0.148. The largest absolute Gasteiger partial charge is 0.646 e. The molecule has 2 heterocycles. The number of aromatic amines is 1. The third-order valence-electron chi connectivity index (χ3n) is 5.53. The summed E-state index contributed by atoms with van der Waals surface area (Å²) < 4.78 is 46.5. The van der Waals surface area contributed by atoms with Gasteiger partial charge < -0.3 is 19.7 Å². The van der Waals surface area contributed by atoms with E-state index in [1.54, 1.807) is 19.9 Å². The van der Waals surface area contributed by atoms with Gasteiger partial charge in [-0.2, -0.15) is 0 Å². The van der Waals surface area contributed by atoms with Gasteiger partial charge in [0.1, 0.15) is 30.3 Å². The summed E-state index contributed by atoms with van der Waals surface area (Å²) >= 11 is 0. The average molecular weight is 528 g/mol. The number of anilines is 1. The first-order valence-corrected chi connectivity index (χ1v) is 12.2. The van der Waals surface area contributed by atoms with Crippen LogP contribution in [0.4, 0.5) is 10.1 Å². The second-order valence-electron chi connectivity index (χ2n) is 8.67. The molecule has 0 amide bonds. The Labute approximate surface area is 206 Å². The molecule has 14 heteroatoms. The van der Waals surface area contributed by atoms with Crippen LogP contribution < -0.4 is 15.9 Å². The molecule has 0 radical (unpaired) electrons. The fourth-order valence-corrected chi connectivity index (χ4v) is 4.81. The highest BCUT2D eigenvalue weighted by Crippen LogP contribution is 2.44. The number of aliphatic hydroxyl groups excluding tert-OH is 1. The molecule has 2 aromatic rings. The summed E-state index contributed by atoms with van der Waals surface area (Å²) in [5.41, 5.74) is -4.10. The van der Waals surface area contributed by atoms with Crippen LogP contribution in [0.15, 0.2) is 46.1 Å². The molecule has 12 nitrogen and oxygen atoms in total. The van der Waals surface area contributed by atoms with E-state index >= 15 is 4.39 Å². The van der Waals surface area contributed by atoms with Crippen molar-refractivity contribution >= 4 is 19.8 Å². The number of phenols is 1. The summed E-state index contributed by atoms with van der Waals surface area (Å²) in [7, 11) is -2.89. The predicted octanol–water partition coefficient (Wildman–Crippen LogP) is 1.75. The number of aromatic nitrogens is 2. The molecule has 0 saturated carbocycles. The molecule has 6 atom stereocenters. The van der Waals surface area contributed by atoms with Gasteiger partial charge in [-0.1, -0.05) is 12.1 Å². The summed E-state index contributed by atoms with van der Waals surface area (Å²) in [5, 5.41) is 20.8. The number of H-pyrrole nitrogens is 1. The Morgan fingerprint density at radius 2 is 1.97 bits per heavy atom. The standard InChI is InChI=1S/C22H27FN3O9P/c1-12(2)34-19(30)13(3)26(14-7-5-6-8-15(14)27)36(32)33-11-16-18(29)22(4,23)20(35-16)25-10-9-17(28)24-21(25)31/h5-10,12-13,16,18,20,29H,11H2,1-4H3,(H-,24,27,28,31)/p+1. The zero-order valence-electron chi connectivity index (χ0n) is 20.0. The third kappa shape index (κ3) is 5.65. The van der Waals surface area contributed by atoms with Crippen LogP contribution in [-0.4, -0.2) is 62.4 Å². The first-order chi connectivity index (χ1) is 16.8. The second-order valence-corrected chi connectivity index (χ2v) is 9.83. The quantitative estimate of drug-likeness (QED) is 0.323. The summed E-state index contributed by atoms with van der Waals surface area (Å²) in [4.78, 5) is 38.0. The van der Waals surface area contributed by atoms with Crippen molar-refractivity contribution in [2.24, 2.45) is 0 Å². The number of rotatable bonds is 9. The van der Waals surface area contributed by atoms with E-state index < -0.39 is 68.3 Å². The van der Waals surface area contributed by atoms with Crippen LogP contribution in [0.25, 0.3) is 0 Å². The van der Waals surface area contributed by atoms with E-state index in [-0.39, 0.29) is 11.4 Å². The Kier molecular flexibility index (Phi) is 8.29. The Balaban J connectivity index is 1.81. The van der Waals surface area contributed by atoms with Gasteiger partial charge in [0.05, 0.1) is 6.10 Å². The molecule has 6 unspecified atom stereocenters. The molecule has 36 heavy (non-hydrogen) atoms. The highest BCUT2D eigenvalue weighted by atomic mass is 31.1. The molecule has 3 N–H and O–H groups in total. The Bertz CT molecular complexity index is 1230. The van der Waals surface area contributed by atoms with Crippen LogP contribution >= 0.6 is 8.18 Å². The lowest BCUT2D eigenvalue weighted by Gasteiger charge is -2.24. The first-order valence-electron chi connectivity index (χ1n) is 11.1. The maximum atomic E-state index is 15.4. The highest BCUT2D eigenvalue weighted by Gasteiger charge is 2.56. The smallest absolute Gasteiger partial charge is 0.506 e. The fourth-order valence-electron chi connectivity index (χ4n) is 3.69. The number of halogens is 1. The number of carbonyl (C=O) groups is 1. The van der Waals surface area contributed by atoms with E-state index in [9.17, 15) is 29.2 Å². The molecule has 1 aliphatic heterocycles. The van der Waals surface area contributed by atoms with E-state index in [4.69, 9.17) is 14.0 Å². The summed E-state index contributed by atoms with van der Waals surface area (Å²) in [6, 6.07) is 5.68. The number of carbonyl (C=O) groups excluding carboxylic acids is 1. The lowest BCUT2D eigenvalue weighted by Crippen LogP contribution is -2.43. The molecule has 1 aromatic carbocycles. The van der Waals surface area contributed by atoms with Gasteiger partial charge in [0.2, 0.25) is 0 Å². The van der Waals surface area contributed by atoms with Crippen molar-refractivity contribution in [1.29, 1.82) is 0 Å². The zero-order chi connectivity index (χ0) is 26.8. The van der Waals surface area contributed by atoms with E-state index in [0.29, 0.717) is 0 Å². The predicted molar refractivity (Wildman–Crippen MR) is 126 cm³/mol. The number of nitrogens with zero attached hydrogens (tertiary/aromatic N) is 2. The minimum Gasteiger partial charge on any atom is -0.506 e. The number of hydrogen-bond donors (Lipinski definition) is 3. The van der Waals surface area contributed by atoms with Crippen molar-refractivity contribution in [3.63, 3.8) is 0 Å². The Morgan fingerprint density at radius 1 is 1.31 bits per heavy atom. The zero-order valence-corrected chi connectivity index (χ0v) is 20.9. The number of hydrogen-bond acceptors (Lipinski definition) is 9. The molecule has 0 aliphatic carbocycles. The number of esters is 1. The molecule has 3 rings (SSSR count). The van der Waals surface area contributed by atoms with Crippen molar-refractivity contribution in [1.82, 2.24) is 9.55 Å². The molecular formula is C22H28FN3O9P+. The fraction of sp³-hybridized carbons (Fsp3) is 0.500. The van der Waals surface area contributed by atoms with Crippen LogP contribution in [0.2, 0.25) is 0 Å². The van der Waals surface area contributed by atoms with E-state index in [1.165, 1.54) is 25.1 Å². The number of aliphatic hydroxyl groups is 1. The molecule has 0 bridgehead atoms. The number of benzene rings is 1. The van der Waals surface area contributed by atoms with E-state index in [1.807, 2.05) is 4.98 Å². The van der Waals surface area contributed by atoms with Crippen LogP contribution in [0.3, 0.4) is 0 Å². The number of alkyl halides is 1. The van der Waals surface area contributed by atoms with Gasteiger partial charge in [-0.3, -0.25) is 14.3 Å². The Hall–Kier alpha value is -3.12. The van der Waals surface area contributed by atoms with Gasteiger partial charge in [-0.15, -0.1) is 9.19 Å². The van der Waals surface area contributed by atoms with Crippen molar-refractivity contribution in [3.05, 3.63) is 57.4 Å². The second kappa shape index (κ2) is 10.9. The summed E-state index contributed by atoms with van der Waals surface area (Å²) in [6.45, 7) is 5.11. The summed E-state index contributed by atoms with van der Waals surface area (Å²) in [5.74, 6) is -1.01. The minimum atomic E-state index is -2.89. The van der Waals surface area contributed by atoms with Crippen LogP contribution in [0.1, 0.15) is 33.9 Å². The topological polar surface area (TPSA) is 160 Å². The average Bonchev–Trinajstić information content (AvgIpc) is 3.02. The van der Waals surface area contributed by atoms with Crippen molar-refractivity contribution < 1.29 is 38.0 Å². The van der Waals surface area contributed by atoms with E-state index in [0.717, 1.165) is 28.4 Å². The molecule has 0 spiro atoms. The number of nitrogens with one attached hydrogen (secondary N) is 1. The first kappa shape index (κ1) is 27.5. The van der Waals surface area contributed by atoms with E-state index in [2.05, 4.69) is 0 Å². The SMILES string of the molecule is CC(C)OC(=O)C(C)N(c1ccccc1O)[P+](=O)OCC1OC(n2ccc(=O)[nH]c2=O)C(C)(F)C1O. The molecule has 1 fully saturated rings. The molecular weight excluding hydrogens is 500 g/mol. The maximum Gasteiger partial charge on any atom is 0.646 e. The van der Waals surface area contributed by atoms with Gasteiger partial charge in [0.15, 0.2) is 17.9 Å². The lowest BCUT2D eigenvalue weighted by atomic mass is 9.98. The van der Waals surface area contributed by atoms with Crippen LogP contribution in [0.5, 0.6) is 5.75 Å². The van der Waals surface area contributed by atoms with Gasteiger partial charge in [0, 0.05) is 12.3 Å². The number of aromatic hydroxyl groups is 1. The molecule has 1 aliphatic rings. The van der Waals surface area contributed by atoms with Crippen molar-refractivity contribution in [2.45, 2.75) is 63.9 Å². The maximum absolute atomic E-state index is 15.4. The van der Waals surface area contributed by atoms with Crippen LogP contribution in [-0.2, 0) is 23.4 Å².